The highest BCUT2D eigenvalue weighted by atomic mass is 16.5. The van der Waals surface area contributed by atoms with Gasteiger partial charge in [0.15, 0.2) is 0 Å². The molecular weight excluding hydrogens is 262 g/mol. The van der Waals surface area contributed by atoms with E-state index in [1.807, 2.05) is 18.2 Å². The summed E-state index contributed by atoms with van der Waals surface area (Å²) in [6.07, 6.45) is 0. The first kappa shape index (κ1) is 15.4. The van der Waals surface area contributed by atoms with E-state index in [0.29, 0.717) is 0 Å². The Labute approximate surface area is 126 Å². The van der Waals surface area contributed by atoms with Crippen molar-refractivity contribution in [1.29, 1.82) is 0 Å². The second kappa shape index (κ2) is 7.14. The van der Waals surface area contributed by atoms with Crippen LogP contribution in [0.3, 0.4) is 0 Å². The van der Waals surface area contributed by atoms with Gasteiger partial charge in [-0.15, -0.1) is 0 Å². The van der Waals surface area contributed by atoms with E-state index in [-0.39, 0.29) is 6.04 Å². The SMILES string of the molecule is COc1cccc(CNC(C)c2ccc(C)cc2OC)c1. The van der Waals surface area contributed by atoms with Crippen molar-refractivity contribution in [2.24, 2.45) is 0 Å². The molecule has 2 aromatic carbocycles. The summed E-state index contributed by atoms with van der Waals surface area (Å²) >= 11 is 0. The van der Waals surface area contributed by atoms with Crippen molar-refractivity contribution >= 4 is 0 Å². The third-order valence-corrected chi connectivity index (χ3v) is 3.60. The molecule has 0 aliphatic carbocycles. The second-order valence-electron chi connectivity index (χ2n) is 5.20. The summed E-state index contributed by atoms with van der Waals surface area (Å²) in [6.45, 7) is 5.00. The predicted octanol–water partition coefficient (Wildman–Crippen LogP) is 3.86. The third-order valence-electron chi connectivity index (χ3n) is 3.60. The Morgan fingerprint density at radius 2 is 1.86 bits per heavy atom. The van der Waals surface area contributed by atoms with Crippen LogP contribution >= 0.6 is 0 Å². The Morgan fingerprint density at radius 1 is 1.05 bits per heavy atom. The number of methoxy groups -OCH3 is 2. The van der Waals surface area contributed by atoms with Crippen LogP contribution in [-0.4, -0.2) is 14.2 Å². The number of ether oxygens (including phenoxy) is 2. The third kappa shape index (κ3) is 3.99. The molecule has 2 rings (SSSR count). The lowest BCUT2D eigenvalue weighted by Crippen LogP contribution is -2.18. The smallest absolute Gasteiger partial charge is 0.123 e. The summed E-state index contributed by atoms with van der Waals surface area (Å²) in [5.41, 5.74) is 3.58. The Morgan fingerprint density at radius 3 is 2.57 bits per heavy atom. The monoisotopic (exact) mass is 285 g/mol. The zero-order valence-electron chi connectivity index (χ0n) is 13.1. The maximum absolute atomic E-state index is 5.48. The Balaban J connectivity index is 2.06. The van der Waals surface area contributed by atoms with Gasteiger partial charge in [-0.05, 0) is 43.2 Å². The highest BCUT2D eigenvalue weighted by Crippen LogP contribution is 2.26. The van der Waals surface area contributed by atoms with Crippen LogP contribution in [0.1, 0.15) is 29.7 Å². The summed E-state index contributed by atoms with van der Waals surface area (Å²) in [7, 11) is 3.40. The van der Waals surface area contributed by atoms with E-state index in [9.17, 15) is 0 Å². The maximum atomic E-state index is 5.48. The van der Waals surface area contributed by atoms with Gasteiger partial charge in [-0.3, -0.25) is 0 Å². The van der Waals surface area contributed by atoms with Crippen LogP contribution in [0.25, 0.3) is 0 Å². The van der Waals surface area contributed by atoms with Crippen molar-refractivity contribution < 1.29 is 9.47 Å². The molecular formula is C18H23NO2. The van der Waals surface area contributed by atoms with Gasteiger partial charge in [-0.1, -0.05) is 24.3 Å². The van der Waals surface area contributed by atoms with Crippen molar-refractivity contribution in [3.8, 4) is 11.5 Å². The topological polar surface area (TPSA) is 30.5 Å². The largest absolute Gasteiger partial charge is 0.497 e. The van der Waals surface area contributed by atoms with Gasteiger partial charge in [0.05, 0.1) is 14.2 Å². The number of rotatable bonds is 6. The molecule has 0 aliphatic rings. The molecule has 0 amide bonds. The van der Waals surface area contributed by atoms with Gasteiger partial charge < -0.3 is 14.8 Å². The van der Waals surface area contributed by atoms with Crippen LogP contribution in [0.2, 0.25) is 0 Å². The molecule has 1 N–H and O–H groups in total. The van der Waals surface area contributed by atoms with Crippen LogP contribution in [0, 0.1) is 6.92 Å². The fourth-order valence-corrected chi connectivity index (χ4v) is 2.34. The van der Waals surface area contributed by atoms with Crippen LogP contribution in [0.15, 0.2) is 42.5 Å². The number of nitrogens with one attached hydrogen (secondary N) is 1. The van der Waals surface area contributed by atoms with Gasteiger partial charge >= 0.3 is 0 Å². The first-order valence-electron chi connectivity index (χ1n) is 7.15. The summed E-state index contributed by atoms with van der Waals surface area (Å²) in [4.78, 5) is 0. The molecule has 0 radical (unpaired) electrons. The highest BCUT2D eigenvalue weighted by molar-refractivity contribution is 5.39. The van der Waals surface area contributed by atoms with Crippen molar-refractivity contribution in [1.82, 2.24) is 5.32 Å². The average Bonchev–Trinajstić information content (AvgIpc) is 2.52. The molecule has 3 nitrogen and oxygen atoms in total. The van der Waals surface area contributed by atoms with Crippen molar-refractivity contribution in [2.75, 3.05) is 14.2 Å². The molecule has 1 atom stereocenters. The van der Waals surface area contributed by atoms with Gasteiger partial charge in [0.1, 0.15) is 11.5 Å². The lowest BCUT2D eigenvalue weighted by Gasteiger charge is -2.18. The normalized spacial score (nSPS) is 12.0. The highest BCUT2D eigenvalue weighted by Gasteiger charge is 2.11. The van der Waals surface area contributed by atoms with E-state index >= 15 is 0 Å². The molecule has 0 saturated heterocycles. The maximum Gasteiger partial charge on any atom is 0.123 e. The van der Waals surface area contributed by atoms with Crippen LogP contribution in [0.4, 0.5) is 0 Å². The van der Waals surface area contributed by atoms with Gasteiger partial charge in [-0.25, -0.2) is 0 Å². The number of aryl methyl sites for hydroxylation is 1. The standard InChI is InChI=1S/C18H23NO2/c1-13-8-9-17(18(10-13)21-4)14(2)19-12-15-6-5-7-16(11-15)20-3/h5-11,14,19H,12H2,1-4H3. The van der Waals surface area contributed by atoms with Crippen molar-refractivity contribution in [2.45, 2.75) is 26.4 Å². The molecule has 2 aromatic rings. The molecule has 0 heterocycles. The lowest BCUT2D eigenvalue weighted by atomic mass is 10.0. The van der Waals surface area contributed by atoms with E-state index in [1.54, 1.807) is 14.2 Å². The average molecular weight is 285 g/mol. The van der Waals surface area contributed by atoms with E-state index in [0.717, 1.165) is 18.0 Å². The Hall–Kier alpha value is -2.00. The fraction of sp³-hybridized carbons (Fsp3) is 0.333. The molecule has 3 heteroatoms. The van der Waals surface area contributed by atoms with E-state index in [1.165, 1.54) is 16.7 Å². The molecule has 0 spiro atoms. The minimum absolute atomic E-state index is 0.215. The first-order chi connectivity index (χ1) is 10.1. The second-order valence-corrected chi connectivity index (χ2v) is 5.20. The van der Waals surface area contributed by atoms with E-state index < -0.39 is 0 Å². The van der Waals surface area contributed by atoms with Crippen LogP contribution < -0.4 is 14.8 Å². The molecule has 21 heavy (non-hydrogen) atoms. The quantitative estimate of drug-likeness (QED) is 0.874. The van der Waals surface area contributed by atoms with Gasteiger partial charge in [-0.2, -0.15) is 0 Å². The lowest BCUT2D eigenvalue weighted by molar-refractivity contribution is 0.400. The van der Waals surface area contributed by atoms with Gasteiger partial charge in [0.25, 0.3) is 0 Å². The molecule has 1 unspecified atom stereocenters. The summed E-state index contributed by atoms with van der Waals surface area (Å²) in [6, 6.07) is 14.6. The number of hydrogen-bond donors (Lipinski definition) is 1. The van der Waals surface area contributed by atoms with Crippen LogP contribution in [0.5, 0.6) is 11.5 Å². The molecule has 0 saturated carbocycles. The molecule has 112 valence electrons. The van der Waals surface area contributed by atoms with Crippen LogP contribution in [-0.2, 0) is 6.54 Å². The van der Waals surface area contributed by atoms with E-state index in [2.05, 4.69) is 43.4 Å². The molecule has 0 fully saturated rings. The number of benzene rings is 2. The van der Waals surface area contributed by atoms with Gasteiger partial charge in [0, 0.05) is 18.2 Å². The summed E-state index contributed by atoms with van der Waals surface area (Å²) < 4.78 is 10.7. The first-order valence-corrected chi connectivity index (χ1v) is 7.15. The zero-order chi connectivity index (χ0) is 15.2. The van der Waals surface area contributed by atoms with Gasteiger partial charge in [0.2, 0.25) is 0 Å². The molecule has 0 aliphatic heterocycles. The Kier molecular flexibility index (Phi) is 5.23. The minimum atomic E-state index is 0.215. The Bertz CT molecular complexity index is 596. The summed E-state index contributed by atoms with van der Waals surface area (Å²) in [5.74, 6) is 1.82. The minimum Gasteiger partial charge on any atom is -0.497 e. The van der Waals surface area contributed by atoms with Crippen molar-refractivity contribution in [3.63, 3.8) is 0 Å². The number of hydrogen-bond acceptors (Lipinski definition) is 3. The van der Waals surface area contributed by atoms with E-state index in [4.69, 9.17) is 9.47 Å². The molecule has 0 bridgehead atoms. The molecule has 0 aromatic heterocycles. The summed E-state index contributed by atoms with van der Waals surface area (Å²) in [5, 5.41) is 3.53. The van der Waals surface area contributed by atoms with Crippen molar-refractivity contribution in [3.05, 3.63) is 59.2 Å². The fourth-order valence-electron chi connectivity index (χ4n) is 2.34. The zero-order valence-corrected chi connectivity index (χ0v) is 13.1. The predicted molar refractivity (Wildman–Crippen MR) is 86.0 cm³/mol.